The molecule has 1 unspecified atom stereocenters. The largest absolute Gasteiger partial charge is 0.382 e. The van der Waals surface area contributed by atoms with E-state index in [9.17, 15) is 0 Å². The van der Waals surface area contributed by atoms with Crippen molar-refractivity contribution in [1.29, 1.82) is 5.26 Å². The Morgan fingerprint density at radius 2 is 2.42 bits per heavy atom. The van der Waals surface area contributed by atoms with E-state index >= 15 is 0 Å². The second-order valence-corrected chi connectivity index (χ2v) is 5.46. The molecule has 0 saturated carbocycles. The van der Waals surface area contributed by atoms with Crippen molar-refractivity contribution in [3.8, 4) is 6.07 Å². The van der Waals surface area contributed by atoms with Gasteiger partial charge in [0.05, 0.1) is 31.0 Å². The van der Waals surface area contributed by atoms with Gasteiger partial charge in [0.25, 0.3) is 0 Å². The lowest BCUT2D eigenvalue weighted by atomic mass is 10.1. The van der Waals surface area contributed by atoms with Crippen LogP contribution in [0.1, 0.15) is 11.1 Å². The van der Waals surface area contributed by atoms with Crippen molar-refractivity contribution in [2.24, 2.45) is 0 Å². The van der Waals surface area contributed by atoms with Crippen LogP contribution >= 0.6 is 15.9 Å². The van der Waals surface area contributed by atoms with Crippen LogP contribution in [0.4, 0.5) is 0 Å². The molecule has 102 valence electrons. The summed E-state index contributed by atoms with van der Waals surface area (Å²) in [7, 11) is 1.69. The van der Waals surface area contributed by atoms with E-state index < -0.39 is 0 Å². The lowest BCUT2D eigenvalue weighted by Gasteiger charge is -2.32. The topological polar surface area (TPSA) is 45.5 Å². The van der Waals surface area contributed by atoms with Crippen molar-refractivity contribution in [2.45, 2.75) is 12.6 Å². The van der Waals surface area contributed by atoms with Gasteiger partial charge in [-0.25, -0.2) is 0 Å². The average Bonchev–Trinajstić information content (AvgIpc) is 2.42. The molecular formula is C14H17BrN2O2. The predicted octanol–water partition coefficient (Wildman–Crippen LogP) is 2.17. The third-order valence-electron chi connectivity index (χ3n) is 3.15. The normalized spacial score (nSPS) is 20.2. The SMILES string of the molecule is COCC1CN(Cc2ccc(C#N)cc2Br)CCO1. The van der Waals surface area contributed by atoms with Crippen LogP contribution in [0.5, 0.6) is 0 Å². The zero-order chi connectivity index (χ0) is 13.7. The number of halogens is 1. The van der Waals surface area contributed by atoms with Gasteiger partial charge in [-0.3, -0.25) is 4.90 Å². The lowest BCUT2D eigenvalue weighted by molar-refractivity contribution is -0.0631. The molecule has 1 aromatic rings. The summed E-state index contributed by atoms with van der Waals surface area (Å²) in [4.78, 5) is 2.35. The molecule has 1 aliphatic heterocycles. The number of methoxy groups -OCH3 is 1. The van der Waals surface area contributed by atoms with Gasteiger partial charge >= 0.3 is 0 Å². The highest BCUT2D eigenvalue weighted by Crippen LogP contribution is 2.21. The molecule has 0 spiro atoms. The van der Waals surface area contributed by atoms with Gasteiger partial charge in [0.1, 0.15) is 0 Å². The molecule has 0 aromatic heterocycles. The second-order valence-electron chi connectivity index (χ2n) is 4.60. The molecule has 0 N–H and O–H groups in total. The van der Waals surface area contributed by atoms with Gasteiger partial charge in [-0.05, 0) is 17.7 Å². The van der Waals surface area contributed by atoms with E-state index in [1.165, 1.54) is 5.56 Å². The number of rotatable bonds is 4. The van der Waals surface area contributed by atoms with E-state index in [0.717, 1.165) is 30.7 Å². The predicted molar refractivity (Wildman–Crippen MR) is 75.8 cm³/mol. The van der Waals surface area contributed by atoms with Gasteiger partial charge in [-0.1, -0.05) is 22.0 Å². The first-order valence-electron chi connectivity index (χ1n) is 6.24. The van der Waals surface area contributed by atoms with Crippen LogP contribution in [0.3, 0.4) is 0 Å². The number of hydrogen-bond donors (Lipinski definition) is 0. The molecule has 2 rings (SSSR count). The van der Waals surface area contributed by atoms with Crippen molar-refractivity contribution in [1.82, 2.24) is 4.90 Å². The van der Waals surface area contributed by atoms with Gasteiger partial charge in [0.15, 0.2) is 0 Å². The Kier molecular flexibility index (Phi) is 5.34. The first-order valence-corrected chi connectivity index (χ1v) is 7.03. The molecule has 1 aliphatic rings. The van der Waals surface area contributed by atoms with E-state index in [1.807, 2.05) is 18.2 Å². The van der Waals surface area contributed by atoms with E-state index in [-0.39, 0.29) is 6.10 Å². The maximum absolute atomic E-state index is 8.86. The summed E-state index contributed by atoms with van der Waals surface area (Å²) < 4.78 is 11.8. The van der Waals surface area contributed by atoms with Crippen LogP contribution in [-0.4, -0.2) is 44.4 Å². The highest BCUT2D eigenvalue weighted by molar-refractivity contribution is 9.10. The highest BCUT2D eigenvalue weighted by Gasteiger charge is 2.20. The maximum atomic E-state index is 8.86. The zero-order valence-electron chi connectivity index (χ0n) is 10.9. The monoisotopic (exact) mass is 324 g/mol. The lowest BCUT2D eigenvalue weighted by Crippen LogP contribution is -2.43. The van der Waals surface area contributed by atoms with Crippen LogP contribution in [0, 0.1) is 11.3 Å². The highest BCUT2D eigenvalue weighted by atomic mass is 79.9. The molecule has 5 heteroatoms. The fourth-order valence-corrected chi connectivity index (χ4v) is 2.70. The molecule has 1 heterocycles. The van der Waals surface area contributed by atoms with Crippen molar-refractivity contribution < 1.29 is 9.47 Å². The molecular weight excluding hydrogens is 308 g/mol. The number of morpholine rings is 1. The zero-order valence-corrected chi connectivity index (χ0v) is 12.5. The fraction of sp³-hybridized carbons (Fsp3) is 0.500. The smallest absolute Gasteiger partial charge is 0.0992 e. The second kappa shape index (κ2) is 7.01. The summed E-state index contributed by atoms with van der Waals surface area (Å²) in [6, 6.07) is 7.86. The van der Waals surface area contributed by atoms with Crippen LogP contribution in [0.2, 0.25) is 0 Å². The molecule has 1 aromatic carbocycles. The summed E-state index contributed by atoms with van der Waals surface area (Å²) in [6.07, 6.45) is 0.149. The molecule has 0 aliphatic carbocycles. The van der Waals surface area contributed by atoms with Crippen molar-refractivity contribution in [3.63, 3.8) is 0 Å². The molecule has 1 atom stereocenters. The Morgan fingerprint density at radius 1 is 1.58 bits per heavy atom. The summed E-state index contributed by atoms with van der Waals surface area (Å²) >= 11 is 3.53. The Morgan fingerprint density at radius 3 is 3.11 bits per heavy atom. The van der Waals surface area contributed by atoms with Crippen LogP contribution < -0.4 is 0 Å². The summed E-state index contributed by atoms with van der Waals surface area (Å²) in [6.45, 7) is 4.02. The van der Waals surface area contributed by atoms with Crippen LogP contribution in [-0.2, 0) is 16.0 Å². The number of nitriles is 1. The minimum atomic E-state index is 0.149. The number of hydrogen-bond acceptors (Lipinski definition) is 4. The quantitative estimate of drug-likeness (QED) is 0.851. The van der Waals surface area contributed by atoms with Crippen LogP contribution in [0.15, 0.2) is 22.7 Å². The number of nitrogens with zero attached hydrogens (tertiary/aromatic N) is 2. The third-order valence-corrected chi connectivity index (χ3v) is 3.89. The number of ether oxygens (including phenoxy) is 2. The Bertz CT molecular complexity index is 471. The maximum Gasteiger partial charge on any atom is 0.0992 e. The third kappa shape index (κ3) is 4.02. The van der Waals surface area contributed by atoms with Gasteiger partial charge < -0.3 is 9.47 Å². The van der Waals surface area contributed by atoms with E-state index in [1.54, 1.807) is 7.11 Å². The Labute approximate surface area is 122 Å². The number of benzene rings is 1. The molecule has 4 nitrogen and oxygen atoms in total. The molecule has 0 radical (unpaired) electrons. The van der Waals surface area contributed by atoms with Gasteiger partial charge in [0, 0.05) is 31.2 Å². The molecule has 1 fully saturated rings. The summed E-state index contributed by atoms with van der Waals surface area (Å²) in [5.41, 5.74) is 1.87. The molecule has 19 heavy (non-hydrogen) atoms. The fourth-order valence-electron chi connectivity index (χ4n) is 2.20. The first kappa shape index (κ1) is 14.5. The van der Waals surface area contributed by atoms with Gasteiger partial charge in [-0.2, -0.15) is 5.26 Å². The average molecular weight is 325 g/mol. The first-order chi connectivity index (χ1) is 9.22. The van der Waals surface area contributed by atoms with E-state index in [0.29, 0.717) is 12.2 Å². The van der Waals surface area contributed by atoms with E-state index in [2.05, 4.69) is 26.9 Å². The van der Waals surface area contributed by atoms with E-state index in [4.69, 9.17) is 14.7 Å². The van der Waals surface area contributed by atoms with Crippen molar-refractivity contribution in [2.75, 3.05) is 33.4 Å². The van der Waals surface area contributed by atoms with Crippen LogP contribution in [0.25, 0.3) is 0 Å². The van der Waals surface area contributed by atoms with Crippen molar-refractivity contribution in [3.05, 3.63) is 33.8 Å². The minimum absolute atomic E-state index is 0.149. The Balaban J connectivity index is 1.99. The minimum Gasteiger partial charge on any atom is -0.382 e. The molecule has 1 saturated heterocycles. The van der Waals surface area contributed by atoms with Crippen molar-refractivity contribution >= 4 is 15.9 Å². The van der Waals surface area contributed by atoms with Gasteiger partial charge in [-0.15, -0.1) is 0 Å². The summed E-state index contributed by atoms with van der Waals surface area (Å²) in [5, 5.41) is 8.86. The van der Waals surface area contributed by atoms with Gasteiger partial charge in [0.2, 0.25) is 0 Å². The molecule has 0 bridgehead atoms. The Hall–Kier alpha value is -0.930. The summed E-state index contributed by atoms with van der Waals surface area (Å²) in [5.74, 6) is 0. The standard InChI is InChI=1S/C14H17BrN2O2/c1-18-10-13-9-17(4-5-19-13)8-12-3-2-11(7-16)6-14(12)15/h2-3,6,13H,4-5,8-10H2,1H3. The molecule has 0 amide bonds.